The summed E-state index contributed by atoms with van der Waals surface area (Å²) in [4.78, 5) is 10.1. The van der Waals surface area contributed by atoms with Gasteiger partial charge in [-0.3, -0.25) is 0 Å². The third-order valence-electron chi connectivity index (χ3n) is 6.55. The fraction of sp³-hybridized carbons (Fsp3) is 0.267. The fourth-order valence-electron chi connectivity index (χ4n) is 4.59. The van der Waals surface area contributed by atoms with Crippen molar-refractivity contribution in [3.8, 4) is 16.9 Å². The van der Waals surface area contributed by atoms with Crippen LogP contribution in [0.3, 0.4) is 0 Å². The smallest absolute Gasteiger partial charge is 0.270 e. The molecule has 0 unspecified atom stereocenters. The first-order chi connectivity index (χ1) is 19.5. The van der Waals surface area contributed by atoms with Gasteiger partial charge in [0.2, 0.25) is 0 Å². The number of halogens is 2. The summed E-state index contributed by atoms with van der Waals surface area (Å²) in [6.45, 7) is 4.57. The first-order valence-electron chi connectivity index (χ1n) is 13.2. The molecule has 0 spiro atoms. The zero-order valence-electron chi connectivity index (χ0n) is 22.1. The number of benzene rings is 3. The van der Waals surface area contributed by atoms with Gasteiger partial charge in [0, 0.05) is 18.8 Å². The first-order valence-corrected chi connectivity index (χ1v) is 13.6. The Kier molecular flexibility index (Phi) is 8.83. The van der Waals surface area contributed by atoms with Gasteiger partial charge >= 0.3 is 0 Å². The third kappa shape index (κ3) is 6.73. The number of hydrogen-bond acceptors (Lipinski definition) is 8. The number of aromatic nitrogens is 2. The van der Waals surface area contributed by atoms with Crippen LogP contribution in [-0.4, -0.2) is 41.4 Å². The summed E-state index contributed by atoms with van der Waals surface area (Å²) in [5.74, 6) is 0.0502. The number of azo groups is 1. The summed E-state index contributed by atoms with van der Waals surface area (Å²) < 4.78 is 19.7. The molecule has 4 aromatic rings. The Morgan fingerprint density at radius 2 is 1.82 bits per heavy atom. The molecule has 0 aliphatic carbocycles. The van der Waals surface area contributed by atoms with Crippen molar-refractivity contribution in [2.24, 2.45) is 10.2 Å². The molecule has 1 aliphatic heterocycles. The average molecular weight is 561 g/mol. The van der Waals surface area contributed by atoms with Crippen molar-refractivity contribution in [3.63, 3.8) is 0 Å². The maximum absolute atomic E-state index is 14.3. The predicted octanol–water partition coefficient (Wildman–Crippen LogP) is 7.46. The van der Waals surface area contributed by atoms with Crippen LogP contribution >= 0.6 is 11.6 Å². The minimum atomic E-state index is -0.492. The largest absolute Gasteiger partial charge is 0.508 e. The molecule has 1 fully saturated rings. The normalized spacial score (nSPS) is 13.6. The van der Waals surface area contributed by atoms with E-state index in [1.165, 1.54) is 0 Å². The molecule has 1 aliphatic rings. The van der Waals surface area contributed by atoms with Gasteiger partial charge in [0.15, 0.2) is 11.6 Å². The molecule has 0 bridgehead atoms. The van der Waals surface area contributed by atoms with Crippen LogP contribution in [0.25, 0.3) is 11.1 Å². The summed E-state index contributed by atoms with van der Waals surface area (Å²) >= 11 is 6.70. The molecule has 2 N–H and O–H groups in total. The van der Waals surface area contributed by atoms with Crippen LogP contribution in [0.2, 0.25) is 5.02 Å². The molecule has 0 saturated carbocycles. The molecule has 2 heterocycles. The van der Waals surface area contributed by atoms with Crippen molar-refractivity contribution in [2.75, 3.05) is 36.5 Å². The molecular weight excluding hydrogens is 531 g/mol. The number of nitrogens with one attached hydrogen (secondary N) is 1. The van der Waals surface area contributed by atoms with Gasteiger partial charge in [0.05, 0.1) is 36.7 Å². The van der Waals surface area contributed by atoms with Gasteiger partial charge in [0.25, 0.3) is 5.95 Å². The van der Waals surface area contributed by atoms with E-state index in [1.54, 1.807) is 12.1 Å². The van der Waals surface area contributed by atoms with E-state index in [4.69, 9.17) is 16.3 Å². The van der Waals surface area contributed by atoms with Gasteiger partial charge in [-0.15, -0.1) is 5.11 Å². The zero-order valence-corrected chi connectivity index (χ0v) is 22.9. The number of aryl methyl sites for hydroxylation is 1. The molecule has 3 aromatic carbocycles. The molecule has 0 radical (unpaired) electrons. The van der Waals surface area contributed by atoms with Crippen molar-refractivity contribution in [1.29, 1.82) is 0 Å². The molecule has 10 heteroatoms. The summed E-state index contributed by atoms with van der Waals surface area (Å²) in [7, 11) is 0. The second-order valence-corrected chi connectivity index (χ2v) is 9.85. The number of anilines is 3. The average Bonchev–Trinajstić information content (AvgIpc) is 2.97. The van der Waals surface area contributed by atoms with Gasteiger partial charge in [0.1, 0.15) is 5.75 Å². The van der Waals surface area contributed by atoms with Crippen LogP contribution in [0.5, 0.6) is 5.75 Å². The summed E-state index contributed by atoms with van der Waals surface area (Å²) in [6.07, 6.45) is 2.91. The Morgan fingerprint density at radius 3 is 2.60 bits per heavy atom. The van der Waals surface area contributed by atoms with Gasteiger partial charge in [-0.1, -0.05) is 49.2 Å². The maximum Gasteiger partial charge on any atom is 0.270 e. The summed E-state index contributed by atoms with van der Waals surface area (Å²) in [6, 6.07) is 19.0. The van der Waals surface area contributed by atoms with E-state index in [0.29, 0.717) is 31.3 Å². The zero-order chi connectivity index (χ0) is 27.9. The quantitative estimate of drug-likeness (QED) is 0.206. The second kappa shape index (κ2) is 12.8. The lowest BCUT2D eigenvalue weighted by molar-refractivity contribution is 0.122. The highest BCUT2D eigenvalue weighted by Crippen LogP contribution is 2.32. The Bertz CT molecular complexity index is 1510. The monoisotopic (exact) mass is 560 g/mol. The minimum Gasteiger partial charge on any atom is -0.508 e. The van der Waals surface area contributed by atoms with Gasteiger partial charge < -0.3 is 20.1 Å². The van der Waals surface area contributed by atoms with E-state index < -0.39 is 5.82 Å². The molecule has 1 aromatic heterocycles. The Balaban J connectivity index is 1.33. The Morgan fingerprint density at radius 1 is 1.05 bits per heavy atom. The van der Waals surface area contributed by atoms with E-state index in [2.05, 4.69) is 32.4 Å². The van der Waals surface area contributed by atoms with E-state index in [-0.39, 0.29) is 24.1 Å². The van der Waals surface area contributed by atoms with Crippen LogP contribution in [0.15, 0.2) is 77.1 Å². The van der Waals surface area contributed by atoms with Gasteiger partial charge in [-0.2, -0.15) is 10.1 Å². The van der Waals surface area contributed by atoms with E-state index in [0.717, 1.165) is 52.7 Å². The first kappa shape index (κ1) is 27.5. The van der Waals surface area contributed by atoms with Crippen molar-refractivity contribution < 1.29 is 14.2 Å². The van der Waals surface area contributed by atoms with Crippen LogP contribution in [0.4, 0.5) is 27.5 Å². The number of morpholine rings is 1. The molecule has 40 heavy (non-hydrogen) atoms. The number of phenols is 1. The lowest BCUT2D eigenvalue weighted by Gasteiger charge is -2.27. The number of nitrogens with zero attached hydrogens (tertiary/aromatic N) is 5. The third-order valence-corrected chi connectivity index (χ3v) is 6.87. The van der Waals surface area contributed by atoms with Crippen LogP contribution in [-0.2, 0) is 17.7 Å². The summed E-state index contributed by atoms with van der Waals surface area (Å²) in [5.41, 5.74) is 5.61. The topological polar surface area (TPSA) is 95.2 Å². The van der Waals surface area contributed by atoms with E-state index >= 15 is 0 Å². The molecular formula is C30H30ClFN6O2. The second-order valence-electron chi connectivity index (χ2n) is 9.45. The molecule has 8 nitrogen and oxygen atoms in total. The standard InChI is InChI=1S/C30H30ClFN6O2/c1-2-5-20-17-28(35-24-8-3-6-21(14-24)22-7-4-9-25(39)15-22)26(31)16-23(20)18-34-37-30-33-19-27(32)29(36-30)38-10-12-40-13-11-38/h3-4,6-9,14-17,19,35,39H,2,5,10-13,18H2,1H3. The van der Waals surface area contributed by atoms with Crippen molar-refractivity contribution in [1.82, 2.24) is 9.97 Å². The molecule has 5 rings (SSSR count). The Labute approximate surface area is 237 Å². The number of ether oxygens (including phenoxy) is 1. The highest BCUT2D eigenvalue weighted by Gasteiger charge is 2.18. The van der Waals surface area contributed by atoms with Crippen molar-refractivity contribution in [2.45, 2.75) is 26.3 Å². The fourth-order valence-corrected chi connectivity index (χ4v) is 4.82. The number of aromatic hydroxyl groups is 1. The highest BCUT2D eigenvalue weighted by molar-refractivity contribution is 6.33. The van der Waals surface area contributed by atoms with Crippen LogP contribution in [0, 0.1) is 5.82 Å². The lowest BCUT2D eigenvalue weighted by atomic mass is 10.0. The Hall–Kier alpha value is -4.08. The van der Waals surface area contributed by atoms with E-state index in [1.807, 2.05) is 53.4 Å². The van der Waals surface area contributed by atoms with Crippen LogP contribution < -0.4 is 10.2 Å². The molecule has 0 amide bonds. The van der Waals surface area contributed by atoms with Crippen molar-refractivity contribution in [3.05, 3.63) is 88.8 Å². The molecule has 206 valence electrons. The summed E-state index contributed by atoms with van der Waals surface area (Å²) in [5, 5.41) is 22.3. The lowest BCUT2D eigenvalue weighted by Crippen LogP contribution is -2.37. The molecule has 1 saturated heterocycles. The van der Waals surface area contributed by atoms with Gasteiger partial charge in [-0.05, 0) is 65.1 Å². The maximum atomic E-state index is 14.3. The van der Waals surface area contributed by atoms with Crippen molar-refractivity contribution >= 4 is 34.7 Å². The number of phenolic OH excluding ortho intramolecular Hbond substituents is 1. The minimum absolute atomic E-state index is 0.107. The highest BCUT2D eigenvalue weighted by atomic mass is 35.5. The number of hydrogen-bond donors (Lipinski definition) is 2. The number of rotatable bonds is 9. The predicted molar refractivity (Wildman–Crippen MR) is 156 cm³/mol. The van der Waals surface area contributed by atoms with Crippen LogP contribution in [0.1, 0.15) is 24.5 Å². The van der Waals surface area contributed by atoms with E-state index in [9.17, 15) is 9.50 Å². The SMILES string of the molecule is CCCc1cc(Nc2cccc(-c3cccc(O)c3)c2)c(Cl)cc1CN=Nc1ncc(F)c(N2CCOCC2)n1. The van der Waals surface area contributed by atoms with Gasteiger partial charge in [-0.25, -0.2) is 9.37 Å². The molecule has 0 atom stereocenters.